The number of H-pyrrole nitrogens is 1. The molecule has 4 rings (SSSR count). The number of hydrogen-bond donors (Lipinski definition) is 1. The summed E-state index contributed by atoms with van der Waals surface area (Å²) in [4.78, 5) is 26.6. The third-order valence-electron chi connectivity index (χ3n) is 5.85. The van der Waals surface area contributed by atoms with E-state index < -0.39 is 0 Å². The quantitative estimate of drug-likeness (QED) is 0.630. The molecule has 32 heavy (non-hydrogen) atoms. The molecule has 8 nitrogen and oxygen atoms in total. The molecule has 3 heterocycles. The van der Waals surface area contributed by atoms with E-state index in [1.165, 1.54) is 0 Å². The maximum Gasteiger partial charge on any atom is 0.274 e. The van der Waals surface area contributed by atoms with Gasteiger partial charge in [0.2, 0.25) is 5.95 Å². The van der Waals surface area contributed by atoms with Crippen LogP contribution in [-0.4, -0.2) is 58.7 Å². The van der Waals surface area contributed by atoms with Crippen LogP contribution in [0.4, 0.5) is 5.95 Å². The zero-order chi connectivity index (χ0) is 22.8. The minimum atomic E-state index is -0.149. The third kappa shape index (κ3) is 4.17. The van der Waals surface area contributed by atoms with Crippen molar-refractivity contribution in [3.05, 3.63) is 53.6 Å². The van der Waals surface area contributed by atoms with E-state index >= 15 is 0 Å². The van der Waals surface area contributed by atoms with Crippen molar-refractivity contribution >= 4 is 11.9 Å². The smallest absolute Gasteiger partial charge is 0.274 e. The minimum absolute atomic E-state index is 0.0720. The Bertz CT molecular complexity index is 1110. The Morgan fingerprint density at radius 2 is 2.09 bits per heavy atom. The maximum atomic E-state index is 13.4. The average molecular weight is 435 g/mol. The molecule has 2 aromatic heterocycles. The second-order valence-electron chi connectivity index (χ2n) is 8.62. The van der Waals surface area contributed by atoms with E-state index in [1.807, 2.05) is 60.4 Å². The first-order chi connectivity index (χ1) is 15.4. The normalized spacial score (nSPS) is 15.9. The zero-order valence-electron chi connectivity index (χ0n) is 19.3. The number of methoxy groups -OCH3 is 1. The average Bonchev–Trinajstić information content (AvgIpc) is 3.48. The molecule has 1 amide bonds. The van der Waals surface area contributed by atoms with Crippen LogP contribution in [0.3, 0.4) is 0 Å². The van der Waals surface area contributed by atoms with E-state index in [0.717, 1.165) is 41.1 Å². The summed E-state index contributed by atoms with van der Waals surface area (Å²) >= 11 is 0. The van der Waals surface area contributed by atoms with Gasteiger partial charge in [0.1, 0.15) is 11.4 Å². The maximum absolute atomic E-state index is 13.4. The first-order valence-electron chi connectivity index (χ1n) is 10.9. The second kappa shape index (κ2) is 8.98. The number of benzene rings is 1. The van der Waals surface area contributed by atoms with Crippen LogP contribution in [0.1, 0.15) is 60.5 Å². The molecule has 1 aliphatic heterocycles. The number of aromatic nitrogens is 4. The van der Waals surface area contributed by atoms with Gasteiger partial charge in [-0.2, -0.15) is 5.10 Å². The van der Waals surface area contributed by atoms with Gasteiger partial charge in [0.25, 0.3) is 5.91 Å². The first-order valence-corrected chi connectivity index (χ1v) is 10.9. The van der Waals surface area contributed by atoms with Crippen molar-refractivity contribution in [2.75, 3.05) is 32.6 Å². The van der Waals surface area contributed by atoms with Crippen molar-refractivity contribution in [1.29, 1.82) is 0 Å². The number of rotatable bonds is 6. The van der Waals surface area contributed by atoms with Crippen molar-refractivity contribution in [3.8, 4) is 16.9 Å². The van der Waals surface area contributed by atoms with E-state index in [9.17, 15) is 4.79 Å². The molecule has 1 saturated heterocycles. The van der Waals surface area contributed by atoms with Gasteiger partial charge in [0.15, 0.2) is 0 Å². The fraction of sp³-hybridized carbons (Fsp3) is 0.417. The highest BCUT2D eigenvalue weighted by Gasteiger charge is 2.35. The van der Waals surface area contributed by atoms with Gasteiger partial charge >= 0.3 is 0 Å². The van der Waals surface area contributed by atoms with E-state index in [4.69, 9.17) is 9.72 Å². The van der Waals surface area contributed by atoms with E-state index in [1.54, 1.807) is 7.11 Å². The highest BCUT2D eigenvalue weighted by Crippen LogP contribution is 2.38. The molecule has 0 radical (unpaired) electrons. The third-order valence-corrected chi connectivity index (χ3v) is 5.85. The van der Waals surface area contributed by atoms with Crippen molar-refractivity contribution in [2.45, 2.75) is 38.6 Å². The SMILES string of the molecule is COc1cccc(-c2cnc(N(C)C)nc2C2CCCN2C(=O)c2cc(C(C)C)[nH]n2)c1. The second-order valence-corrected chi connectivity index (χ2v) is 8.62. The van der Waals surface area contributed by atoms with E-state index in [0.29, 0.717) is 18.2 Å². The molecule has 1 atom stereocenters. The van der Waals surface area contributed by atoms with Gasteiger partial charge in [-0.3, -0.25) is 9.89 Å². The van der Waals surface area contributed by atoms with Crippen LogP contribution in [-0.2, 0) is 0 Å². The number of anilines is 1. The highest BCUT2D eigenvalue weighted by atomic mass is 16.5. The monoisotopic (exact) mass is 434 g/mol. The predicted molar refractivity (Wildman–Crippen MR) is 124 cm³/mol. The summed E-state index contributed by atoms with van der Waals surface area (Å²) < 4.78 is 5.42. The van der Waals surface area contributed by atoms with Crippen LogP contribution in [0.2, 0.25) is 0 Å². The summed E-state index contributed by atoms with van der Waals surface area (Å²) in [5.74, 6) is 1.59. The summed E-state index contributed by atoms with van der Waals surface area (Å²) in [6, 6.07) is 9.56. The molecule has 1 aromatic carbocycles. The molecule has 1 unspecified atom stereocenters. The molecular weight excluding hydrogens is 404 g/mol. The number of ether oxygens (including phenoxy) is 1. The number of likely N-dealkylation sites (tertiary alicyclic amines) is 1. The lowest BCUT2D eigenvalue weighted by molar-refractivity contribution is 0.0727. The predicted octanol–water partition coefficient (Wildman–Crippen LogP) is 4.04. The summed E-state index contributed by atoms with van der Waals surface area (Å²) in [6.45, 7) is 4.82. The Labute approximate surface area is 188 Å². The molecule has 8 heteroatoms. The molecule has 0 saturated carbocycles. The van der Waals surface area contributed by atoms with E-state index in [-0.39, 0.29) is 17.9 Å². The molecular formula is C24H30N6O2. The number of carbonyl (C=O) groups is 1. The van der Waals surface area contributed by atoms with Crippen LogP contribution in [0.15, 0.2) is 36.5 Å². The minimum Gasteiger partial charge on any atom is -0.497 e. The van der Waals surface area contributed by atoms with Crippen LogP contribution in [0.5, 0.6) is 5.75 Å². The summed E-state index contributed by atoms with van der Waals surface area (Å²) in [7, 11) is 5.48. The van der Waals surface area contributed by atoms with Gasteiger partial charge in [-0.15, -0.1) is 0 Å². The Balaban J connectivity index is 1.75. The number of aromatic amines is 1. The summed E-state index contributed by atoms with van der Waals surface area (Å²) in [6.07, 6.45) is 3.60. The highest BCUT2D eigenvalue weighted by molar-refractivity contribution is 5.93. The van der Waals surface area contributed by atoms with Crippen molar-refractivity contribution < 1.29 is 9.53 Å². The Kier molecular flexibility index (Phi) is 6.12. The zero-order valence-corrected chi connectivity index (χ0v) is 19.3. The fourth-order valence-corrected chi connectivity index (χ4v) is 4.05. The number of hydrogen-bond acceptors (Lipinski definition) is 6. The van der Waals surface area contributed by atoms with Crippen molar-refractivity contribution in [2.24, 2.45) is 0 Å². The first kappa shape index (κ1) is 21.8. The lowest BCUT2D eigenvalue weighted by Crippen LogP contribution is -2.32. The van der Waals surface area contributed by atoms with Gasteiger partial charge in [-0.1, -0.05) is 26.0 Å². The number of nitrogens with one attached hydrogen (secondary N) is 1. The van der Waals surface area contributed by atoms with Crippen LogP contribution < -0.4 is 9.64 Å². The standard InChI is InChI=1S/C24H30N6O2/c1-15(2)19-13-20(28-27-19)23(31)30-11-7-10-21(30)22-18(14-25-24(26-22)29(3)4)16-8-6-9-17(12-16)32-5/h6,8-9,12-15,21H,7,10-11H2,1-5H3,(H,27,28). The van der Waals surface area contributed by atoms with Crippen molar-refractivity contribution in [1.82, 2.24) is 25.1 Å². The summed E-state index contributed by atoms with van der Waals surface area (Å²) in [5, 5.41) is 7.28. The molecule has 1 aliphatic rings. The molecule has 0 bridgehead atoms. The van der Waals surface area contributed by atoms with Gasteiger partial charge in [-0.05, 0) is 42.5 Å². The van der Waals surface area contributed by atoms with Gasteiger partial charge in [-0.25, -0.2) is 9.97 Å². The largest absolute Gasteiger partial charge is 0.497 e. The Morgan fingerprint density at radius 3 is 2.78 bits per heavy atom. The molecule has 0 spiro atoms. The molecule has 1 fully saturated rings. The lowest BCUT2D eigenvalue weighted by atomic mass is 9.99. The molecule has 3 aromatic rings. The van der Waals surface area contributed by atoms with Gasteiger partial charge in [0.05, 0.1) is 18.8 Å². The number of nitrogens with zero attached hydrogens (tertiary/aromatic N) is 5. The van der Waals surface area contributed by atoms with Crippen molar-refractivity contribution in [3.63, 3.8) is 0 Å². The van der Waals surface area contributed by atoms with E-state index in [2.05, 4.69) is 29.0 Å². The number of carbonyl (C=O) groups excluding carboxylic acids is 1. The Hall–Kier alpha value is -3.42. The van der Waals surface area contributed by atoms with Gasteiger partial charge in [0, 0.05) is 38.1 Å². The van der Waals surface area contributed by atoms with Crippen LogP contribution >= 0.6 is 0 Å². The molecule has 0 aliphatic carbocycles. The number of amides is 1. The topological polar surface area (TPSA) is 87.2 Å². The molecule has 168 valence electrons. The van der Waals surface area contributed by atoms with Crippen LogP contribution in [0, 0.1) is 0 Å². The van der Waals surface area contributed by atoms with Gasteiger partial charge < -0.3 is 14.5 Å². The van der Waals surface area contributed by atoms with Crippen LogP contribution in [0.25, 0.3) is 11.1 Å². The summed E-state index contributed by atoms with van der Waals surface area (Å²) in [5.41, 5.74) is 4.13. The Morgan fingerprint density at radius 1 is 1.28 bits per heavy atom. The lowest BCUT2D eigenvalue weighted by Gasteiger charge is -2.26. The molecule has 1 N–H and O–H groups in total. The fourth-order valence-electron chi connectivity index (χ4n) is 4.05.